The lowest BCUT2D eigenvalue weighted by Crippen LogP contribution is -2.28. The molecule has 0 spiro atoms. The predicted octanol–water partition coefficient (Wildman–Crippen LogP) is 4.23. The Morgan fingerprint density at radius 1 is 1.19 bits per heavy atom. The van der Waals surface area contributed by atoms with Crippen LogP contribution in [0.15, 0.2) is 24.5 Å². The van der Waals surface area contributed by atoms with Crippen molar-refractivity contribution in [3.63, 3.8) is 0 Å². The lowest BCUT2D eigenvalue weighted by atomic mass is 9.96. The minimum Gasteiger partial charge on any atom is -0.465 e. The monoisotopic (exact) mass is 455 g/mol. The lowest BCUT2D eigenvalue weighted by Gasteiger charge is -2.18. The first-order valence-electron chi connectivity index (χ1n) is 8.84. The van der Waals surface area contributed by atoms with Gasteiger partial charge in [0.1, 0.15) is 11.3 Å². The van der Waals surface area contributed by atoms with Crippen molar-refractivity contribution in [3.8, 4) is 11.4 Å². The van der Waals surface area contributed by atoms with Gasteiger partial charge in [-0.05, 0) is 12.1 Å². The minimum atomic E-state index is -4.79. The van der Waals surface area contributed by atoms with E-state index in [9.17, 15) is 22.8 Å². The van der Waals surface area contributed by atoms with Crippen LogP contribution in [0.2, 0.25) is 5.15 Å². The number of nitrogens with one attached hydrogen (secondary N) is 1. The van der Waals surface area contributed by atoms with Crippen molar-refractivity contribution in [3.05, 3.63) is 40.8 Å². The van der Waals surface area contributed by atoms with Gasteiger partial charge in [0.15, 0.2) is 11.0 Å². The van der Waals surface area contributed by atoms with Gasteiger partial charge in [0.05, 0.1) is 23.8 Å². The Kier molecular flexibility index (Phi) is 5.66. The highest BCUT2D eigenvalue weighted by atomic mass is 35.5. The molecule has 164 valence electrons. The van der Waals surface area contributed by atoms with Crippen molar-refractivity contribution < 1.29 is 27.5 Å². The third-order valence-electron chi connectivity index (χ3n) is 4.21. The van der Waals surface area contributed by atoms with Gasteiger partial charge >= 0.3 is 12.1 Å². The third-order valence-corrected chi connectivity index (χ3v) is 4.49. The highest BCUT2D eigenvalue weighted by Crippen LogP contribution is 2.37. The standard InChI is InChI=1S/C19H17ClF3N5O3/c1-18(2,3)17(30)25-13-6-11(19(21,22)23)10(7-24-13)15-26-14(20)12-5-9(16(29)31-4)8-28(12)27-15/h5-8H,1-4H3,(H,24,25,30). The van der Waals surface area contributed by atoms with Crippen molar-refractivity contribution in [2.45, 2.75) is 26.9 Å². The maximum atomic E-state index is 13.8. The first-order chi connectivity index (χ1) is 14.3. The molecular weight excluding hydrogens is 439 g/mol. The molecule has 0 aliphatic carbocycles. The van der Waals surface area contributed by atoms with Crippen LogP contribution in [0.4, 0.5) is 19.0 Å². The molecule has 0 saturated carbocycles. The van der Waals surface area contributed by atoms with Gasteiger partial charge in [-0.3, -0.25) is 4.79 Å². The maximum Gasteiger partial charge on any atom is 0.417 e. The Morgan fingerprint density at radius 2 is 1.87 bits per heavy atom. The molecule has 3 heterocycles. The fourth-order valence-corrected chi connectivity index (χ4v) is 2.77. The number of aromatic nitrogens is 4. The molecule has 0 unspecified atom stereocenters. The van der Waals surface area contributed by atoms with E-state index >= 15 is 0 Å². The topological polar surface area (TPSA) is 98.5 Å². The van der Waals surface area contributed by atoms with E-state index in [4.69, 9.17) is 11.6 Å². The molecule has 1 amide bonds. The summed E-state index contributed by atoms with van der Waals surface area (Å²) in [5.41, 5.74) is -2.07. The molecule has 3 aromatic rings. The molecule has 3 rings (SSSR count). The Bertz CT molecular complexity index is 1180. The summed E-state index contributed by atoms with van der Waals surface area (Å²) in [5.74, 6) is -1.79. The van der Waals surface area contributed by atoms with Gasteiger partial charge < -0.3 is 10.1 Å². The summed E-state index contributed by atoms with van der Waals surface area (Å²) in [5, 5.41) is 6.23. The summed E-state index contributed by atoms with van der Waals surface area (Å²) in [6.07, 6.45) is -2.63. The number of alkyl halides is 3. The van der Waals surface area contributed by atoms with Crippen LogP contribution in [0.5, 0.6) is 0 Å². The van der Waals surface area contributed by atoms with Crippen LogP contribution in [-0.4, -0.2) is 38.6 Å². The first-order valence-corrected chi connectivity index (χ1v) is 9.22. The van der Waals surface area contributed by atoms with E-state index in [0.29, 0.717) is 6.07 Å². The number of ether oxygens (including phenoxy) is 1. The molecule has 12 heteroatoms. The van der Waals surface area contributed by atoms with E-state index in [-0.39, 0.29) is 27.9 Å². The molecule has 0 aliphatic heterocycles. The molecule has 0 saturated heterocycles. The first kappa shape index (κ1) is 22.5. The Labute approximate surface area is 179 Å². The number of methoxy groups -OCH3 is 1. The van der Waals surface area contributed by atoms with Gasteiger partial charge in [0.2, 0.25) is 5.91 Å². The number of fused-ring (bicyclic) bond motifs is 1. The van der Waals surface area contributed by atoms with Crippen LogP contribution in [-0.2, 0) is 15.7 Å². The summed E-state index contributed by atoms with van der Waals surface area (Å²) in [7, 11) is 1.19. The number of anilines is 1. The summed E-state index contributed by atoms with van der Waals surface area (Å²) < 4.78 is 47.0. The third kappa shape index (κ3) is 4.61. The average molecular weight is 456 g/mol. The molecular formula is C19H17ClF3N5O3. The minimum absolute atomic E-state index is 0.102. The molecule has 31 heavy (non-hydrogen) atoms. The van der Waals surface area contributed by atoms with Crippen LogP contribution < -0.4 is 5.32 Å². The number of esters is 1. The molecule has 0 bridgehead atoms. The van der Waals surface area contributed by atoms with E-state index in [1.54, 1.807) is 20.8 Å². The van der Waals surface area contributed by atoms with E-state index in [2.05, 4.69) is 25.1 Å². The summed E-state index contributed by atoms with van der Waals surface area (Å²) in [6, 6.07) is 2.06. The van der Waals surface area contributed by atoms with Crippen LogP contribution >= 0.6 is 11.6 Å². The number of pyridine rings is 1. The lowest BCUT2D eigenvalue weighted by molar-refractivity contribution is -0.137. The molecule has 0 aromatic carbocycles. The van der Waals surface area contributed by atoms with Crippen molar-refractivity contribution >= 4 is 34.8 Å². The zero-order chi connectivity index (χ0) is 23.1. The van der Waals surface area contributed by atoms with Crippen LogP contribution in [0.3, 0.4) is 0 Å². The highest BCUT2D eigenvalue weighted by molar-refractivity contribution is 6.32. The van der Waals surface area contributed by atoms with E-state index < -0.39 is 34.6 Å². The molecule has 0 radical (unpaired) electrons. The second-order valence-corrected chi connectivity index (χ2v) is 7.95. The molecule has 0 atom stereocenters. The number of rotatable bonds is 3. The summed E-state index contributed by atoms with van der Waals surface area (Å²) in [6.45, 7) is 4.85. The SMILES string of the molecule is COC(=O)c1cc2c(Cl)nc(-c3cnc(NC(=O)C(C)(C)C)cc3C(F)(F)F)nn2c1. The van der Waals surface area contributed by atoms with Crippen LogP contribution in [0.1, 0.15) is 36.7 Å². The number of nitrogens with zero attached hydrogens (tertiary/aromatic N) is 4. The summed E-state index contributed by atoms with van der Waals surface area (Å²) in [4.78, 5) is 31.6. The van der Waals surface area contributed by atoms with Gasteiger partial charge in [0.25, 0.3) is 0 Å². The second kappa shape index (κ2) is 7.80. The van der Waals surface area contributed by atoms with Crippen LogP contribution in [0, 0.1) is 5.41 Å². The van der Waals surface area contributed by atoms with Gasteiger partial charge in [-0.15, -0.1) is 5.10 Å². The van der Waals surface area contributed by atoms with Crippen molar-refractivity contribution in [2.24, 2.45) is 5.41 Å². The van der Waals surface area contributed by atoms with Crippen molar-refractivity contribution in [1.29, 1.82) is 0 Å². The van der Waals surface area contributed by atoms with Crippen molar-refractivity contribution in [2.75, 3.05) is 12.4 Å². The van der Waals surface area contributed by atoms with Gasteiger partial charge in [-0.1, -0.05) is 32.4 Å². The van der Waals surface area contributed by atoms with Crippen LogP contribution in [0.25, 0.3) is 16.9 Å². The predicted molar refractivity (Wildman–Crippen MR) is 106 cm³/mol. The fourth-order valence-electron chi connectivity index (χ4n) is 2.55. The van der Waals surface area contributed by atoms with E-state index in [1.165, 1.54) is 19.4 Å². The average Bonchev–Trinajstić information content (AvgIpc) is 3.10. The van der Waals surface area contributed by atoms with Gasteiger partial charge in [-0.25, -0.2) is 19.3 Å². The van der Waals surface area contributed by atoms with E-state index in [0.717, 1.165) is 10.7 Å². The largest absolute Gasteiger partial charge is 0.465 e. The number of amides is 1. The molecule has 0 fully saturated rings. The number of hydrogen-bond donors (Lipinski definition) is 1. The number of carbonyl (C=O) groups excluding carboxylic acids is 2. The second-order valence-electron chi connectivity index (χ2n) is 7.59. The van der Waals surface area contributed by atoms with Gasteiger partial charge in [0, 0.05) is 17.8 Å². The number of halogens is 4. The molecule has 8 nitrogen and oxygen atoms in total. The fraction of sp³-hybridized carbons (Fsp3) is 0.316. The highest BCUT2D eigenvalue weighted by Gasteiger charge is 2.36. The Morgan fingerprint density at radius 3 is 2.45 bits per heavy atom. The van der Waals surface area contributed by atoms with Crippen molar-refractivity contribution in [1.82, 2.24) is 19.6 Å². The number of hydrogen-bond acceptors (Lipinski definition) is 6. The maximum absolute atomic E-state index is 13.8. The smallest absolute Gasteiger partial charge is 0.417 e. The molecule has 3 aromatic heterocycles. The summed E-state index contributed by atoms with van der Waals surface area (Å²) >= 11 is 6.11. The normalized spacial score (nSPS) is 12.1. The Balaban J connectivity index is 2.12. The van der Waals surface area contributed by atoms with E-state index in [1.807, 2.05) is 0 Å². The van der Waals surface area contributed by atoms with Gasteiger partial charge in [-0.2, -0.15) is 13.2 Å². The quantitative estimate of drug-likeness (QED) is 0.593. The zero-order valence-corrected chi connectivity index (χ0v) is 17.6. The molecule has 0 aliphatic rings. The molecule has 1 N–H and O–H groups in total. The number of carbonyl (C=O) groups is 2. The Hall–Kier alpha value is -3.21. The zero-order valence-electron chi connectivity index (χ0n) is 16.8.